The van der Waals surface area contributed by atoms with E-state index in [-0.39, 0.29) is 24.4 Å². The van der Waals surface area contributed by atoms with Crippen molar-refractivity contribution in [3.63, 3.8) is 0 Å². The normalized spacial score (nSPS) is 10.9. The number of ketones is 2. The number of benzene rings is 1. The van der Waals surface area contributed by atoms with Gasteiger partial charge in [0.25, 0.3) is 0 Å². The molecule has 6 heteroatoms. The molecular weight excluding hydrogens is 376 g/mol. The van der Waals surface area contributed by atoms with Gasteiger partial charge in [-0.05, 0) is 61.4 Å². The fourth-order valence-electron chi connectivity index (χ4n) is 3.23. The van der Waals surface area contributed by atoms with Crippen LogP contribution in [0.15, 0.2) is 61.2 Å². The topological polar surface area (TPSA) is 85.7 Å². The lowest BCUT2D eigenvalue weighted by Crippen LogP contribution is -2.14. The molecule has 0 bridgehead atoms. The average molecular weight is 396 g/mol. The molecule has 0 saturated carbocycles. The zero-order valence-electron chi connectivity index (χ0n) is 16.8. The van der Waals surface area contributed by atoms with E-state index in [2.05, 4.69) is 9.97 Å². The summed E-state index contributed by atoms with van der Waals surface area (Å²) in [6.45, 7) is 4.02. The number of rotatable bonds is 6. The Bertz CT molecular complexity index is 1140. The lowest BCUT2D eigenvalue weighted by atomic mass is 10.0. The van der Waals surface area contributed by atoms with Crippen LogP contribution in [0.4, 0.5) is 0 Å². The molecule has 0 aliphatic heterocycles. The van der Waals surface area contributed by atoms with Gasteiger partial charge in [0.1, 0.15) is 0 Å². The monoisotopic (exact) mass is 396 g/mol. The van der Waals surface area contributed by atoms with Gasteiger partial charge in [-0.2, -0.15) is 0 Å². The molecule has 0 aliphatic carbocycles. The van der Waals surface area contributed by atoms with E-state index >= 15 is 0 Å². The SMILES string of the molecule is Cc1cc2nc(CC(=O)c3cccnc3)c(CC(=O)c3cccnc3)nc2cc1C. The molecule has 4 rings (SSSR count). The van der Waals surface area contributed by atoms with Crippen LogP contribution in [-0.4, -0.2) is 31.5 Å². The molecule has 3 aromatic heterocycles. The van der Waals surface area contributed by atoms with Crippen LogP contribution in [0.2, 0.25) is 0 Å². The Kier molecular flexibility index (Phi) is 5.39. The summed E-state index contributed by atoms with van der Waals surface area (Å²) >= 11 is 0. The first-order chi connectivity index (χ1) is 14.5. The quantitative estimate of drug-likeness (QED) is 0.460. The summed E-state index contributed by atoms with van der Waals surface area (Å²) in [6, 6.07) is 10.8. The number of aromatic nitrogens is 4. The maximum absolute atomic E-state index is 12.8. The summed E-state index contributed by atoms with van der Waals surface area (Å²) in [5.74, 6) is -0.230. The number of pyridine rings is 2. The van der Waals surface area contributed by atoms with E-state index < -0.39 is 0 Å². The Balaban J connectivity index is 1.75. The Morgan fingerprint density at radius 1 is 0.733 bits per heavy atom. The lowest BCUT2D eigenvalue weighted by Gasteiger charge is -2.11. The highest BCUT2D eigenvalue weighted by Gasteiger charge is 2.18. The van der Waals surface area contributed by atoms with E-state index in [1.54, 1.807) is 36.7 Å². The minimum Gasteiger partial charge on any atom is -0.294 e. The minimum absolute atomic E-state index is 0.0528. The van der Waals surface area contributed by atoms with Crippen molar-refractivity contribution in [1.82, 2.24) is 19.9 Å². The summed E-state index contributed by atoms with van der Waals surface area (Å²) in [4.78, 5) is 43.0. The van der Waals surface area contributed by atoms with Gasteiger partial charge in [0.05, 0.1) is 35.3 Å². The first kappa shape index (κ1) is 19.5. The Labute approximate surface area is 174 Å². The average Bonchev–Trinajstić information content (AvgIpc) is 2.76. The third-order valence-electron chi connectivity index (χ3n) is 5.06. The zero-order chi connectivity index (χ0) is 21.1. The molecule has 0 spiro atoms. The molecule has 30 heavy (non-hydrogen) atoms. The Morgan fingerprint density at radius 2 is 1.17 bits per heavy atom. The molecule has 0 atom stereocenters. The van der Waals surface area contributed by atoms with Gasteiger partial charge < -0.3 is 0 Å². The maximum Gasteiger partial charge on any atom is 0.170 e. The minimum atomic E-state index is -0.115. The second-order valence-corrected chi connectivity index (χ2v) is 7.23. The smallest absolute Gasteiger partial charge is 0.170 e. The van der Waals surface area contributed by atoms with Crippen molar-refractivity contribution < 1.29 is 9.59 Å². The van der Waals surface area contributed by atoms with Crippen molar-refractivity contribution >= 4 is 22.6 Å². The molecule has 1 aromatic carbocycles. The molecule has 4 aromatic rings. The van der Waals surface area contributed by atoms with Gasteiger partial charge in [0.2, 0.25) is 0 Å². The van der Waals surface area contributed by atoms with Crippen LogP contribution in [0.3, 0.4) is 0 Å². The Morgan fingerprint density at radius 3 is 1.53 bits per heavy atom. The van der Waals surface area contributed by atoms with Crippen molar-refractivity contribution in [1.29, 1.82) is 0 Å². The molecule has 0 fully saturated rings. The molecule has 148 valence electrons. The number of nitrogens with zero attached hydrogens (tertiary/aromatic N) is 4. The first-order valence-corrected chi connectivity index (χ1v) is 9.64. The molecule has 0 unspecified atom stereocenters. The number of Topliss-reactive ketones (excluding diaryl/α,β-unsaturated/α-hetero) is 2. The summed E-state index contributed by atoms with van der Waals surface area (Å²) < 4.78 is 0. The van der Waals surface area contributed by atoms with Crippen molar-refractivity contribution in [3.05, 3.63) is 94.8 Å². The molecule has 0 amide bonds. The van der Waals surface area contributed by atoms with Crippen LogP contribution in [0, 0.1) is 13.8 Å². The van der Waals surface area contributed by atoms with Crippen molar-refractivity contribution in [2.24, 2.45) is 0 Å². The molecule has 0 saturated heterocycles. The van der Waals surface area contributed by atoms with Gasteiger partial charge in [-0.15, -0.1) is 0 Å². The largest absolute Gasteiger partial charge is 0.294 e. The predicted octanol–water partition coefficient (Wildman–Crippen LogP) is 3.89. The number of carbonyl (C=O) groups excluding carboxylic acids is 2. The van der Waals surface area contributed by atoms with Gasteiger partial charge >= 0.3 is 0 Å². The lowest BCUT2D eigenvalue weighted by molar-refractivity contribution is 0.0976. The second-order valence-electron chi connectivity index (χ2n) is 7.23. The van der Waals surface area contributed by atoms with Crippen LogP contribution in [0.1, 0.15) is 43.2 Å². The summed E-state index contributed by atoms with van der Waals surface area (Å²) in [7, 11) is 0. The van der Waals surface area contributed by atoms with E-state index in [1.807, 2.05) is 26.0 Å². The van der Waals surface area contributed by atoms with Crippen LogP contribution in [-0.2, 0) is 12.8 Å². The summed E-state index contributed by atoms with van der Waals surface area (Å²) in [5.41, 5.74) is 5.65. The Hall–Kier alpha value is -3.80. The maximum atomic E-state index is 12.8. The van der Waals surface area contributed by atoms with Crippen molar-refractivity contribution in [2.75, 3.05) is 0 Å². The zero-order valence-corrected chi connectivity index (χ0v) is 16.8. The third kappa shape index (κ3) is 4.12. The van der Waals surface area contributed by atoms with E-state index in [0.29, 0.717) is 33.5 Å². The fraction of sp³-hybridized carbons (Fsp3) is 0.167. The number of hydrogen-bond acceptors (Lipinski definition) is 6. The van der Waals surface area contributed by atoms with E-state index in [9.17, 15) is 9.59 Å². The molecule has 0 N–H and O–H groups in total. The van der Waals surface area contributed by atoms with Gasteiger partial charge in [-0.1, -0.05) is 0 Å². The van der Waals surface area contributed by atoms with Crippen molar-refractivity contribution in [3.8, 4) is 0 Å². The molecule has 6 nitrogen and oxygen atoms in total. The van der Waals surface area contributed by atoms with E-state index in [0.717, 1.165) is 11.1 Å². The number of hydrogen-bond donors (Lipinski definition) is 0. The number of fused-ring (bicyclic) bond motifs is 1. The fourth-order valence-corrected chi connectivity index (χ4v) is 3.23. The van der Waals surface area contributed by atoms with E-state index in [1.165, 1.54) is 12.4 Å². The van der Waals surface area contributed by atoms with Gasteiger partial charge in [-0.3, -0.25) is 19.6 Å². The summed E-state index contributed by atoms with van der Waals surface area (Å²) in [6.07, 6.45) is 6.41. The van der Waals surface area contributed by atoms with Crippen molar-refractivity contribution in [2.45, 2.75) is 26.7 Å². The van der Waals surface area contributed by atoms with Crippen LogP contribution in [0.5, 0.6) is 0 Å². The highest BCUT2D eigenvalue weighted by atomic mass is 16.1. The van der Waals surface area contributed by atoms with Gasteiger partial charge in [-0.25, -0.2) is 9.97 Å². The molecule has 0 radical (unpaired) electrons. The predicted molar refractivity (Wildman–Crippen MR) is 114 cm³/mol. The molecular formula is C24H20N4O2. The van der Waals surface area contributed by atoms with Crippen LogP contribution < -0.4 is 0 Å². The molecule has 3 heterocycles. The van der Waals surface area contributed by atoms with E-state index in [4.69, 9.17) is 9.97 Å². The molecule has 0 aliphatic rings. The standard InChI is InChI=1S/C24H20N4O2/c1-15-9-19-20(10-16(15)2)28-22(12-24(30)18-6-4-8-26-14-18)21(27-19)11-23(29)17-5-3-7-25-13-17/h3-10,13-14H,11-12H2,1-2H3. The highest BCUT2D eigenvalue weighted by Crippen LogP contribution is 2.20. The summed E-state index contributed by atoms with van der Waals surface area (Å²) in [5, 5.41) is 0. The second kappa shape index (κ2) is 8.29. The number of aryl methyl sites for hydroxylation is 2. The van der Waals surface area contributed by atoms with Gasteiger partial charge in [0, 0.05) is 35.9 Å². The number of carbonyl (C=O) groups is 2. The van der Waals surface area contributed by atoms with Gasteiger partial charge in [0.15, 0.2) is 11.6 Å². The third-order valence-corrected chi connectivity index (χ3v) is 5.06. The first-order valence-electron chi connectivity index (χ1n) is 9.64. The van der Waals surface area contributed by atoms with Crippen LogP contribution in [0.25, 0.3) is 11.0 Å². The highest BCUT2D eigenvalue weighted by molar-refractivity contribution is 5.99. The van der Waals surface area contributed by atoms with Crippen LogP contribution >= 0.6 is 0 Å².